The highest BCUT2D eigenvalue weighted by molar-refractivity contribution is 6.34. The van der Waals surface area contributed by atoms with Crippen molar-refractivity contribution in [1.82, 2.24) is 0 Å². The maximum absolute atomic E-state index is 13.7. The average Bonchev–Trinajstić information content (AvgIpc) is 3.26. The smallest absolute Gasteiger partial charge is 0.311 e. The number of carbonyl (C=O) groups is 3. The zero-order valence-electron chi connectivity index (χ0n) is 13.5. The summed E-state index contributed by atoms with van der Waals surface area (Å²) in [6, 6.07) is 12.2. The standard InChI is InChI=1S/C20H15FO4/c1-2-25-19(24)16-15(11-6-5-7-12(21)10-11)20(16)17(22)13-8-3-4-9-14(13)18(20)23/h3-10,15-16H,2H2,1H3/t15-,16+/m0/s1. The Hall–Kier alpha value is -2.82. The van der Waals surface area contributed by atoms with Crippen LogP contribution in [-0.2, 0) is 9.53 Å². The highest BCUT2D eigenvalue weighted by Crippen LogP contribution is 2.70. The molecule has 2 atom stereocenters. The molecular weight excluding hydrogens is 323 g/mol. The SMILES string of the molecule is CCOC(=O)[C@H]1[C@H](c2cccc(F)c2)C12C(=O)c1ccccc1C2=O. The van der Waals surface area contributed by atoms with Gasteiger partial charge in [-0.3, -0.25) is 14.4 Å². The van der Waals surface area contributed by atoms with E-state index >= 15 is 0 Å². The highest BCUT2D eigenvalue weighted by atomic mass is 19.1. The van der Waals surface area contributed by atoms with Gasteiger partial charge in [0, 0.05) is 17.0 Å². The summed E-state index contributed by atoms with van der Waals surface area (Å²) in [5.41, 5.74) is -0.391. The van der Waals surface area contributed by atoms with E-state index in [1.54, 1.807) is 37.3 Å². The molecule has 0 amide bonds. The first-order valence-corrected chi connectivity index (χ1v) is 8.14. The van der Waals surface area contributed by atoms with Gasteiger partial charge in [-0.1, -0.05) is 36.4 Å². The fourth-order valence-corrected chi connectivity index (χ4v) is 4.09. The molecule has 0 heterocycles. The number of hydrogen-bond donors (Lipinski definition) is 0. The average molecular weight is 338 g/mol. The maximum Gasteiger partial charge on any atom is 0.311 e. The summed E-state index contributed by atoms with van der Waals surface area (Å²) in [6.07, 6.45) is 0. The zero-order chi connectivity index (χ0) is 17.8. The Morgan fingerprint density at radius 2 is 1.72 bits per heavy atom. The predicted octanol–water partition coefficient (Wildman–Crippen LogP) is 3.17. The Morgan fingerprint density at radius 3 is 2.28 bits per heavy atom. The summed E-state index contributed by atoms with van der Waals surface area (Å²) in [5.74, 6) is -3.43. The van der Waals surface area contributed by atoms with Gasteiger partial charge in [-0.05, 0) is 24.6 Å². The van der Waals surface area contributed by atoms with Gasteiger partial charge in [0.25, 0.3) is 0 Å². The number of Topliss-reactive ketones (excluding diaryl/α,β-unsaturated/α-hetero) is 2. The highest BCUT2D eigenvalue weighted by Gasteiger charge is 2.80. The van der Waals surface area contributed by atoms with Gasteiger partial charge in [-0.15, -0.1) is 0 Å². The zero-order valence-corrected chi connectivity index (χ0v) is 13.5. The Bertz CT molecular complexity index is 882. The van der Waals surface area contributed by atoms with Crippen LogP contribution in [0.3, 0.4) is 0 Å². The summed E-state index contributed by atoms with van der Waals surface area (Å²) < 4.78 is 18.8. The van der Waals surface area contributed by atoms with Crippen molar-refractivity contribution in [3.8, 4) is 0 Å². The molecule has 0 unspecified atom stereocenters. The van der Waals surface area contributed by atoms with Gasteiger partial charge in [-0.25, -0.2) is 4.39 Å². The number of esters is 1. The summed E-state index contributed by atoms with van der Waals surface area (Å²) in [7, 11) is 0. The van der Waals surface area contributed by atoms with Crippen molar-refractivity contribution in [3.05, 3.63) is 71.0 Å². The van der Waals surface area contributed by atoms with Crippen molar-refractivity contribution in [2.75, 3.05) is 6.61 Å². The third-order valence-corrected chi connectivity index (χ3v) is 5.12. The van der Waals surface area contributed by atoms with E-state index in [2.05, 4.69) is 0 Å². The number of ketones is 2. The molecule has 126 valence electrons. The number of rotatable bonds is 3. The van der Waals surface area contributed by atoms with Crippen LogP contribution in [0, 0.1) is 17.2 Å². The lowest BCUT2D eigenvalue weighted by atomic mass is 9.93. The Labute approximate surface area is 143 Å². The monoisotopic (exact) mass is 338 g/mol. The van der Waals surface area contributed by atoms with Gasteiger partial charge in [0.1, 0.15) is 11.2 Å². The lowest BCUT2D eigenvalue weighted by Gasteiger charge is -2.06. The number of hydrogen-bond acceptors (Lipinski definition) is 4. The van der Waals surface area contributed by atoms with E-state index in [1.165, 1.54) is 18.2 Å². The second-order valence-corrected chi connectivity index (χ2v) is 6.34. The van der Waals surface area contributed by atoms with Gasteiger partial charge < -0.3 is 4.74 Å². The van der Waals surface area contributed by atoms with Crippen molar-refractivity contribution in [2.45, 2.75) is 12.8 Å². The molecule has 1 fully saturated rings. The Kier molecular flexibility index (Phi) is 3.35. The maximum atomic E-state index is 13.7. The second-order valence-electron chi connectivity index (χ2n) is 6.34. The molecule has 5 heteroatoms. The second kappa shape index (κ2) is 5.34. The lowest BCUT2D eigenvalue weighted by Crippen LogP contribution is -2.24. The molecule has 0 aliphatic heterocycles. The molecule has 0 N–H and O–H groups in total. The number of benzene rings is 2. The third kappa shape index (κ3) is 1.95. The van der Waals surface area contributed by atoms with Gasteiger partial charge in [0.2, 0.25) is 0 Å². The van der Waals surface area contributed by atoms with E-state index < -0.39 is 29.0 Å². The molecule has 1 spiro atoms. The number of halogens is 1. The number of carbonyl (C=O) groups excluding carboxylic acids is 3. The van der Waals surface area contributed by atoms with Gasteiger partial charge in [0.15, 0.2) is 11.6 Å². The molecule has 0 aromatic heterocycles. The summed E-state index contributed by atoms with van der Waals surface area (Å²) >= 11 is 0. The molecule has 0 bridgehead atoms. The third-order valence-electron chi connectivity index (χ3n) is 5.12. The van der Waals surface area contributed by atoms with Crippen LogP contribution in [0.1, 0.15) is 39.1 Å². The molecule has 2 aromatic rings. The van der Waals surface area contributed by atoms with E-state index in [4.69, 9.17) is 4.74 Å². The molecule has 1 saturated carbocycles. The summed E-state index contributed by atoms with van der Waals surface area (Å²) in [5, 5.41) is 0. The van der Waals surface area contributed by atoms with Crippen molar-refractivity contribution >= 4 is 17.5 Å². The van der Waals surface area contributed by atoms with Crippen LogP contribution in [0.4, 0.5) is 4.39 Å². The van der Waals surface area contributed by atoms with Crippen molar-refractivity contribution in [3.63, 3.8) is 0 Å². The topological polar surface area (TPSA) is 60.4 Å². The van der Waals surface area contributed by atoms with Gasteiger partial charge >= 0.3 is 5.97 Å². The van der Waals surface area contributed by atoms with Gasteiger partial charge in [-0.2, -0.15) is 0 Å². The minimum atomic E-state index is -1.50. The van der Waals surface area contributed by atoms with E-state index in [9.17, 15) is 18.8 Å². The molecule has 4 nitrogen and oxygen atoms in total. The van der Waals surface area contributed by atoms with Crippen molar-refractivity contribution in [2.24, 2.45) is 11.3 Å². The minimum Gasteiger partial charge on any atom is -0.466 e. The van der Waals surface area contributed by atoms with E-state index in [0.29, 0.717) is 16.7 Å². The summed E-state index contributed by atoms with van der Waals surface area (Å²) in [6.45, 7) is 1.81. The van der Waals surface area contributed by atoms with Gasteiger partial charge in [0.05, 0.1) is 12.5 Å². The first-order chi connectivity index (χ1) is 12.0. The van der Waals surface area contributed by atoms with E-state index in [1.807, 2.05) is 0 Å². The Balaban J connectivity index is 1.86. The minimum absolute atomic E-state index is 0.149. The normalized spacial score (nSPS) is 22.8. The van der Waals surface area contributed by atoms with Crippen LogP contribution in [0.15, 0.2) is 48.5 Å². The van der Waals surface area contributed by atoms with Crippen LogP contribution in [0.5, 0.6) is 0 Å². The van der Waals surface area contributed by atoms with Crippen molar-refractivity contribution in [1.29, 1.82) is 0 Å². The van der Waals surface area contributed by atoms with Crippen molar-refractivity contribution < 1.29 is 23.5 Å². The molecular formula is C20H15FO4. The molecule has 2 aromatic carbocycles. The largest absolute Gasteiger partial charge is 0.466 e. The number of fused-ring (bicyclic) bond motifs is 1. The van der Waals surface area contributed by atoms with E-state index in [0.717, 1.165) is 0 Å². The quantitative estimate of drug-likeness (QED) is 0.637. The van der Waals surface area contributed by atoms with E-state index in [-0.39, 0.29) is 18.2 Å². The van der Waals surface area contributed by atoms with Crippen LogP contribution < -0.4 is 0 Å². The fourth-order valence-electron chi connectivity index (χ4n) is 4.09. The number of ether oxygens (including phenoxy) is 1. The lowest BCUT2D eigenvalue weighted by molar-refractivity contribution is -0.145. The molecule has 25 heavy (non-hydrogen) atoms. The molecule has 0 saturated heterocycles. The van der Waals surface area contributed by atoms with Crippen LogP contribution >= 0.6 is 0 Å². The predicted molar refractivity (Wildman–Crippen MR) is 86.8 cm³/mol. The Morgan fingerprint density at radius 1 is 1.08 bits per heavy atom. The summed E-state index contributed by atoms with van der Waals surface area (Å²) in [4.78, 5) is 38.6. The fraction of sp³-hybridized carbons (Fsp3) is 0.250. The van der Waals surface area contributed by atoms with Crippen LogP contribution in [-0.4, -0.2) is 24.1 Å². The molecule has 4 rings (SSSR count). The molecule has 2 aliphatic rings. The first-order valence-electron chi connectivity index (χ1n) is 8.14. The first kappa shape index (κ1) is 15.7. The molecule has 2 aliphatic carbocycles. The van der Waals surface area contributed by atoms with Crippen LogP contribution in [0.2, 0.25) is 0 Å². The molecule has 0 radical (unpaired) electrons. The van der Waals surface area contributed by atoms with Crippen LogP contribution in [0.25, 0.3) is 0 Å².